The lowest BCUT2D eigenvalue weighted by Gasteiger charge is -2.02. The van der Waals surface area contributed by atoms with Crippen LogP contribution in [0.4, 0.5) is 0 Å². The number of rotatable bonds is 8. The predicted molar refractivity (Wildman–Crippen MR) is 77.9 cm³/mol. The first-order chi connectivity index (χ1) is 9.26. The Balaban J connectivity index is 0.00000361. The van der Waals surface area contributed by atoms with Crippen LogP contribution in [0.25, 0.3) is 6.08 Å². The summed E-state index contributed by atoms with van der Waals surface area (Å²) in [5.74, 6) is 0.101. The number of carbonyl (C=O) groups is 1. The Bertz CT molecular complexity index is 409. The molecule has 0 bridgehead atoms. The number of hydrogen-bond donors (Lipinski definition) is 1. The van der Waals surface area contributed by atoms with Crippen molar-refractivity contribution in [3.8, 4) is 5.88 Å². The monoisotopic (exact) mass is 302 g/mol. The van der Waals surface area contributed by atoms with Crippen LogP contribution in [0.2, 0.25) is 0 Å². The maximum atomic E-state index is 11.3. The van der Waals surface area contributed by atoms with E-state index >= 15 is 0 Å². The minimum Gasteiger partial charge on any atom is -0.481 e. The van der Waals surface area contributed by atoms with Gasteiger partial charge < -0.3 is 19.9 Å². The lowest BCUT2D eigenvalue weighted by atomic mass is 10.2. The summed E-state index contributed by atoms with van der Waals surface area (Å²) < 4.78 is 14.9. The number of esters is 1. The molecule has 1 heterocycles. The Kier molecular flexibility index (Phi) is 10.3. The SMILES string of the molecule is COc1ccc(/C=C/C(=O)OCCOCCN)cn1.Cl. The molecule has 20 heavy (non-hydrogen) atoms. The molecule has 0 aromatic carbocycles. The van der Waals surface area contributed by atoms with Crippen molar-refractivity contribution in [1.29, 1.82) is 0 Å². The number of ether oxygens (including phenoxy) is 3. The van der Waals surface area contributed by atoms with Crippen molar-refractivity contribution < 1.29 is 19.0 Å². The van der Waals surface area contributed by atoms with Crippen molar-refractivity contribution in [2.45, 2.75) is 0 Å². The molecule has 0 amide bonds. The molecule has 0 aliphatic carbocycles. The summed E-state index contributed by atoms with van der Waals surface area (Å²) in [7, 11) is 1.54. The van der Waals surface area contributed by atoms with Crippen LogP contribution in [0.3, 0.4) is 0 Å². The number of pyridine rings is 1. The maximum Gasteiger partial charge on any atom is 0.330 e. The van der Waals surface area contributed by atoms with Crippen LogP contribution in [-0.4, -0.2) is 44.4 Å². The minimum atomic E-state index is -0.424. The smallest absolute Gasteiger partial charge is 0.330 e. The molecule has 0 spiro atoms. The molecule has 2 N–H and O–H groups in total. The van der Waals surface area contributed by atoms with Crippen molar-refractivity contribution in [3.63, 3.8) is 0 Å². The van der Waals surface area contributed by atoms with Gasteiger partial charge in [0.05, 0.1) is 20.3 Å². The average Bonchev–Trinajstić information content (AvgIpc) is 2.45. The van der Waals surface area contributed by atoms with Gasteiger partial charge in [-0.1, -0.05) is 0 Å². The number of aromatic nitrogens is 1. The molecule has 0 unspecified atom stereocenters. The van der Waals surface area contributed by atoms with E-state index in [-0.39, 0.29) is 19.0 Å². The van der Waals surface area contributed by atoms with Crippen LogP contribution in [0, 0.1) is 0 Å². The zero-order valence-corrected chi connectivity index (χ0v) is 12.1. The van der Waals surface area contributed by atoms with Gasteiger partial charge in [-0.3, -0.25) is 0 Å². The van der Waals surface area contributed by atoms with Gasteiger partial charge in [0.1, 0.15) is 6.61 Å². The van der Waals surface area contributed by atoms with Crippen LogP contribution in [0.5, 0.6) is 5.88 Å². The average molecular weight is 303 g/mol. The highest BCUT2D eigenvalue weighted by atomic mass is 35.5. The third-order valence-electron chi connectivity index (χ3n) is 2.11. The van der Waals surface area contributed by atoms with Crippen LogP contribution in [0.15, 0.2) is 24.4 Å². The van der Waals surface area contributed by atoms with E-state index in [2.05, 4.69) is 4.98 Å². The third kappa shape index (κ3) is 7.73. The second-order valence-corrected chi connectivity index (χ2v) is 3.54. The van der Waals surface area contributed by atoms with E-state index in [4.69, 9.17) is 19.9 Å². The first-order valence-corrected chi connectivity index (χ1v) is 5.89. The van der Waals surface area contributed by atoms with Crippen LogP contribution in [-0.2, 0) is 14.3 Å². The van der Waals surface area contributed by atoms with Gasteiger partial charge in [-0.2, -0.15) is 0 Å². The molecule has 0 fully saturated rings. The Morgan fingerprint density at radius 2 is 2.15 bits per heavy atom. The Hall–Kier alpha value is -1.63. The van der Waals surface area contributed by atoms with Gasteiger partial charge in [0.25, 0.3) is 0 Å². The topological polar surface area (TPSA) is 83.7 Å². The maximum absolute atomic E-state index is 11.3. The zero-order valence-electron chi connectivity index (χ0n) is 11.3. The number of nitrogens with zero attached hydrogens (tertiary/aromatic N) is 1. The summed E-state index contributed by atoms with van der Waals surface area (Å²) >= 11 is 0. The van der Waals surface area contributed by atoms with Crippen LogP contribution < -0.4 is 10.5 Å². The number of hydrogen-bond acceptors (Lipinski definition) is 6. The second-order valence-electron chi connectivity index (χ2n) is 3.54. The van der Waals surface area contributed by atoms with Crippen molar-refractivity contribution in [3.05, 3.63) is 30.0 Å². The largest absolute Gasteiger partial charge is 0.481 e. The summed E-state index contributed by atoms with van der Waals surface area (Å²) in [5, 5.41) is 0. The first-order valence-electron chi connectivity index (χ1n) is 5.89. The molecule has 0 saturated carbocycles. The number of methoxy groups -OCH3 is 1. The molecule has 0 atom stereocenters. The van der Waals surface area contributed by atoms with Gasteiger partial charge in [-0.05, 0) is 17.7 Å². The Morgan fingerprint density at radius 1 is 1.35 bits per heavy atom. The molecule has 6 nitrogen and oxygen atoms in total. The molecule has 0 radical (unpaired) electrons. The molecule has 112 valence electrons. The molecule has 7 heteroatoms. The summed E-state index contributed by atoms with van der Waals surface area (Å²) in [4.78, 5) is 15.4. The van der Waals surface area contributed by atoms with Crippen molar-refractivity contribution in [2.24, 2.45) is 5.73 Å². The van der Waals surface area contributed by atoms with Crippen LogP contribution >= 0.6 is 12.4 Å². The van der Waals surface area contributed by atoms with Gasteiger partial charge in [0.15, 0.2) is 0 Å². The van der Waals surface area contributed by atoms with E-state index < -0.39 is 5.97 Å². The highest BCUT2D eigenvalue weighted by Crippen LogP contribution is 2.07. The fraction of sp³-hybridized carbons (Fsp3) is 0.385. The van der Waals surface area contributed by atoms with Gasteiger partial charge in [0.2, 0.25) is 5.88 Å². The summed E-state index contributed by atoms with van der Waals surface area (Å²) in [6.45, 7) is 1.48. The van der Waals surface area contributed by atoms with E-state index in [0.717, 1.165) is 5.56 Å². The Morgan fingerprint density at radius 3 is 2.75 bits per heavy atom. The highest BCUT2D eigenvalue weighted by Gasteiger charge is 1.97. The second kappa shape index (κ2) is 11.2. The standard InChI is InChI=1S/C13H18N2O4.ClH/c1-17-12-4-2-11(10-15-12)3-5-13(16)19-9-8-18-7-6-14;/h2-5,10H,6-9,14H2,1H3;1H/b5-3+;. The summed E-state index contributed by atoms with van der Waals surface area (Å²) in [5.41, 5.74) is 6.03. The Labute approximate surface area is 124 Å². The summed E-state index contributed by atoms with van der Waals surface area (Å²) in [6.07, 6.45) is 4.56. The van der Waals surface area contributed by atoms with Gasteiger partial charge >= 0.3 is 5.97 Å². The van der Waals surface area contributed by atoms with E-state index in [9.17, 15) is 4.79 Å². The zero-order chi connectivity index (χ0) is 13.9. The molecule has 1 aromatic heterocycles. The molecular formula is C13H19ClN2O4. The third-order valence-corrected chi connectivity index (χ3v) is 2.11. The number of nitrogens with two attached hydrogens (primary N) is 1. The first kappa shape index (κ1) is 18.4. The van der Waals surface area contributed by atoms with Crippen molar-refractivity contribution in [2.75, 3.05) is 33.5 Å². The van der Waals surface area contributed by atoms with Crippen LogP contribution in [0.1, 0.15) is 5.56 Å². The molecule has 0 saturated heterocycles. The van der Waals surface area contributed by atoms with E-state index in [1.54, 1.807) is 31.5 Å². The van der Waals surface area contributed by atoms with E-state index in [0.29, 0.717) is 25.6 Å². The fourth-order valence-corrected chi connectivity index (χ4v) is 1.21. The lowest BCUT2D eigenvalue weighted by molar-refractivity contribution is -0.139. The van der Waals surface area contributed by atoms with E-state index in [1.807, 2.05) is 0 Å². The predicted octanol–water partition coefficient (Wildman–Crippen LogP) is 1.04. The highest BCUT2D eigenvalue weighted by molar-refractivity contribution is 5.87. The normalized spacial score (nSPS) is 10.1. The lowest BCUT2D eigenvalue weighted by Crippen LogP contribution is -2.13. The van der Waals surface area contributed by atoms with Gasteiger partial charge in [0, 0.05) is 24.9 Å². The van der Waals surface area contributed by atoms with Crippen molar-refractivity contribution in [1.82, 2.24) is 4.98 Å². The molecule has 0 aliphatic heterocycles. The van der Waals surface area contributed by atoms with Gasteiger partial charge in [-0.15, -0.1) is 12.4 Å². The minimum absolute atomic E-state index is 0. The van der Waals surface area contributed by atoms with Gasteiger partial charge in [-0.25, -0.2) is 9.78 Å². The molecule has 1 rings (SSSR count). The number of halogens is 1. The quantitative estimate of drug-likeness (QED) is 0.439. The van der Waals surface area contributed by atoms with Crippen molar-refractivity contribution >= 4 is 24.5 Å². The summed E-state index contributed by atoms with van der Waals surface area (Å²) in [6, 6.07) is 3.51. The van der Waals surface area contributed by atoms with E-state index in [1.165, 1.54) is 6.08 Å². The molecular weight excluding hydrogens is 284 g/mol. The molecule has 0 aliphatic rings. The molecule has 1 aromatic rings. The number of carbonyl (C=O) groups excluding carboxylic acids is 1. The fourth-order valence-electron chi connectivity index (χ4n) is 1.21.